The van der Waals surface area contributed by atoms with Crippen molar-refractivity contribution < 1.29 is 13.2 Å². The molecule has 1 aromatic heterocycles. The van der Waals surface area contributed by atoms with E-state index in [9.17, 15) is 8.42 Å². The fourth-order valence-electron chi connectivity index (χ4n) is 3.28. The van der Waals surface area contributed by atoms with Crippen LogP contribution in [0.15, 0.2) is 95.1 Å². The first-order chi connectivity index (χ1) is 15.1. The zero-order valence-corrected chi connectivity index (χ0v) is 18.1. The molecular formula is C23H19N3O3S2. The first-order valence-corrected chi connectivity index (χ1v) is 12.2. The van der Waals surface area contributed by atoms with Gasteiger partial charge in [-0.15, -0.1) is 0 Å². The Kier molecular flexibility index (Phi) is 5.17. The monoisotopic (exact) mass is 449 g/mol. The molecule has 8 heteroatoms. The zero-order valence-electron chi connectivity index (χ0n) is 16.4. The number of imidazole rings is 1. The third-order valence-electron chi connectivity index (χ3n) is 4.85. The molecule has 0 spiro atoms. The second kappa shape index (κ2) is 8.13. The van der Waals surface area contributed by atoms with Crippen LogP contribution in [0.3, 0.4) is 0 Å². The molecule has 0 amide bonds. The fraction of sp³-hybridized carbons (Fsp3) is 0.0870. The van der Waals surface area contributed by atoms with Crippen molar-refractivity contribution in [3.05, 3.63) is 85.1 Å². The summed E-state index contributed by atoms with van der Waals surface area (Å²) in [5.74, 6) is 2.32. The highest BCUT2D eigenvalue weighted by atomic mass is 32.2. The lowest BCUT2D eigenvalue weighted by atomic mass is 10.1. The van der Waals surface area contributed by atoms with E-state index in [4.69, 9.17) is 4.74 Å². The van der Waals surface area contributed by atoms with Gasteiger partial charge in [0.25, 0.3) is 10.0 Å². The Morgan fingerprint density at radius 1 is 0.903 bits per heavy atom. The van der Waals surface area contributed by atoms with Crippen LogP contribution in [0.1, 0.15) is 0 Å². The summed E-state index contributed by atoms with van der Waals surface area (Å²) in [4.78, 5) is 4.79. The van der Waals surface area contributed by atoms with Crippen LogP contribution in [-0.2, 0) is 16.6 Å². The normalized spacial score (nSPS) is 13.0. The smallest absolute Gasteiger partial charge is 0.261 e. The molecule has 1 N–H and O–H groups in total. The predicted octanol–water partition coefficient (Wildman–Crippen LogP) is 5.25. The number of aromatic nitrogens is 2. The highest BCUT2D eigenvalue weighted by Gasteiger charge is 2.17. The average molecular weight is 450 g/mol. The SMILES string of the molecule is O=S(=O)(Nc1ccc(-c2cn3c(n2)SCC3)cc1)c1ccc(Oc2ccccc2)cc1. The maximum absolute atomic E-state index is 12.8. The maximum Gasteiger partial charge on any atom is 0.261 e. The van der Waals surface area contributed by atoms with E-state index in [1.165, 1.54) is 12.1 Å². The second-order valence-corrected chi connectivity index (χ2v) is 9.76. The van der Waals surface area contributed by atoms with Crippen LogP contribution >= 0.6 is 11.8 Å². The summed E-state index contributed by atoms with van der Waals surface area (Å²) in [6.07, 6.45) is 2.04. The number of aryl methyl sites for hydroxylation is 1. The molecule has 0 radical (unpaired) electrons. The molecule has 31 heavy (non-hydrogen) atoms. The van der Waals surface area contributed by atoms with Crippen LogP contribution in [0.25, 0.3) is 11.3 Å². The molecule has 1 aliphatic rings. The molecule has 156 valence electrons. The van der Waals surface area contributed by atoms with Crippen molar-refractivity contribution in [1.29, 1.82) is 0 Å². The molecule has 0 saturated heterocycles. The molecule has 6 nitrogen and oxygen atoms in total. The molecule has 0 saturated carbocycles. The number of ether oxygens (including phenoxy) is 1. The quantitative estimate of drug-likeness (QED) is 0.435. The summed E-state index contributed by atoms with van der Waals surface area (Å²) in [5, 5.41) is 1.03. The summed E-state index contributed by atoms with van der Waals surface area (Å²) >= 11 is 1.74. The molecule has 2 heterocycles. The second-order valence-electron chi connectivity index (χ2n) is 7.02. The Morgan fingerprint density at radius 3 is 2.32 bits per heavy atom. The fourth-order valence-corrected chi connectivity index (χ4v) is 5.29. The Morgan fingerprint density at radius 2 is 1.61 bits per heavy atom. The first kappa shape index (κ1) is 19.7. The standard InChI is InChI=1S/C23H19N3O3S2/c27-31(28,21-12-10-20(11-13-21)29-19-4-2-1-3-5-19)25-18-8-6-17(7-9-18)22-16-26-14-15-30-23(26)24-22/h1-13,16,25H,14-15H2. The average Bonchev–Trinajstić information content (AvgIpc) is 3.38. The van der Waals surface area contributed by atoms with Gasteiger partial charge in [0.1, 0.15) is 11.5 Å². The summed E-state index contributed by atoms with van der Waals surface area (Å²) in [5.41, 5.74) is 2.34. The minimum atomic E-state index is -3.71. The molecule has 0 atom stereocenters. The molecular weight excluding hydrogens is 430 g/mol. The van der Waals surface area contributed by atoms with Gasteiger partial charge in [-0.05, 0) is 48.5 Å². The van der Waals surface area contributed by atoms with Gasteiger partial charge in [-0.2, -0.15) is 0 Å². The van der Waals surface area contributed by atoms with Crippen molar-refractivity contribution in [2.75, 3.05) is 10.5 Å². The van der Waals surface area contributed by atoms with Gasteiger partial charge in [-0.1, -0.05) is 42.1 Å². The van der Waals surface area contributed by atoms with E-state index in [1.54, 1.807) is 36.0 Å². The van der Waals surface area contributed by atoms with E-state index < -0.39 is 10.0 Å². The summed E-state index contributed by atoms with van der Waals surface area (Å²) in [6, 6.07) is 22.9. The number of benzene rings is 3. The van der Waals surface area contributed by atoms with Gasteiger partial charge >= 0.3 is 0 Å². The van der Waals surface area contributed by atoms with Gasteiger partial charge in [-0.25, -0.2) is 13.4 Å². The van der Waals surface area contributed by atoms with Crippen LogP contribution in [-0.4, -0.2) is 23.7 Å². The lowest BCUT2D eigenvalue weighted by Gasteiger charge is -2.10. The Balaban J connectivity index is 1.28. The van der Waals surface area contributed by atoms with Crippen LogP contribution in [0.4, 0.5) is 5.69 Å². The number of nitrogens with one attached hydrogen (secondary N) is 1. The number of sulfonamides is 1. The first-order valence-electron chi connectivity index (χ1n) is 9.73. The predicted molar refractivity (Wildman–Crippen MR) is 122 cm³/mol. The number of hydrogen-bond acceptors (Lipinski definition) is 5. The summed E-state index contributed by atoms with van der Waals surface area (Å²) in [7, 11) is -3.71. The van der Waals surface area contributed by atoms with Gasteiger partial charge in [0.2, 0.25) is 0 Å². The largest absolute Gasteiger partial charge is 0.457 e. The lowest BCUT2D eigenvalue weighted by Crippen LogP contribution is -2.12. The summed E-state index contributed by atoms with van der Waals surface area (Å²) < 4.78 is 36.0. The molecule has 4 aromatic rings. The minimum absolute atomic E-state index is 0.166. The van der Waals surface area contributed by atoms with Crippen LogP contribution in [0.2, 0.25) is 0 Å². The Bertz CT molecular complexity index is 1280. The number of anilines is 1. The molecule has 0 aliphatic carbocycles. The highest BCUT2D eigenvalue weighted by Crippen LogP contribution is 2.30. The third-order valence-corrected chi connectivity index (χ3v) is 7.22. The number of nitrogens with zero attached hydrogens (tertiary/aromatic N) is 2. The number of rotatable bonds is 6. The Labute approximate surface area is 185 Å². The van der Waals surface area contributed by atoms with Crippen molar-refractivity contribution >= 4 is 27.5 Å². The number of para-hydroxylation sites is 1. The highest BCUT2D eigenvalue weighted by molar-refractivity contribution is 7.99. The molecule has 5 rings (SSSR count). The van der Waals surface area contributed by atoms with Crippen molar-refractivity contribution in [2.24, 2.45) is 0 Å². The van der Waals surface area contributed by atoms with Gasteiger partial charge in [0, 0.05) is 29.7 Å². The molecule has 0 unspecified atom stereocenters. The van der Waals surface area contributed by atoms with Crippen molar-refractivity contribution in [3.63, 3.8) is 0 Å². The van der Waals surface area contributed by atoms with Gasteiger partial charge in [-0.3, -0.25) is 4.72 Å². The van der Waals surface area contributed by atoms with E-state index in [-0.39, 0.29) is 4.90 Å². The third kappa shape index (κ3) is 4.30. The molecule has 0 fully saturated rings. The molecule has 1 aliphatic heterocycles. The lowest BCUT2D eigenvalue weighted by molar-refractivity contribution is 0.482. The van der Waals surface area contributed by atoms with Crippen LogP contribution in [0.5, 0.6) is 11.5 Å². The van der Waals surface area contributed by atoms with E-state index in [1.807, 2.05) is 48.7 Å². The topological polar surface area (TPSA) is 73.2 Å². The van der Waals surface area contributed by atoms with Crippen molar-refractivity contribution in [2.45, 2.75) is 16.6 Å². The number of hydrogen-bond donors (Lipinski definition) is 1. The van der Waals surface area contributed by atoms with E-state index in [2.05, 4.69) is 14.3 Å². The molecule has 0 bridgehead atoms. The van der Waals surface area contributed by atoms with E-state index in [0.717, 1.165) is 28.7 Å². The van der Waals surface area contributed by atoms with Gasteiger partial charge in [0.05, 0.1) is 10.6 Å². The van der Waals surface area contributed by atoms with Crippen molar-refractivity contribution in [1.82, 2.24) is 9.55 Å². The molecule has 3 aromatic carbocycles. The van der Waals surface area contributed by atoms with Gasteiger partial charge < -0.3 is 9.30 Å². The Hall–Kier alpha value is -3.23. The summed E-state index contributed by atoms with van der Waals surface area (Å²) in [6.45, 7) is 0.972. The van der Waals surface area contributed by atoms with Crippen LogP contribution in [0, 0.1) is 0 Å². The van der Waals surface area contributed by atoms with Gasteiger partial charge in [0.15, 0.2) is 5.16 Å². The zero-order chi connectivity index (χ0) is 21.3. The number of thioether (sulfide) groups is 1. The van der Waals surface area contributed by atoms with Crippen molar-refractivity contribution in [3.8, 4) is 22.8 Å². The minimum Gasteiger partial charge on any atom is -0.457 e. The number of fused-ring (bicyclic) bond motifs is 1. The van der Waals surface area contributed by atoms with Crippen LogP contribution < -0.4 is 9.46 Å². The van der Waals surface area contributed by atoms with E-state index in [0.29, 0.717) is 17.2 Å². The maximum atomic E-state index is 12.8. The van der Waals surface area contributed by atoms with E-state index >= 15 is 0 Å².